The number of esters is 1. The highest BCUT2D eigenvalue weighted by atomic mass is 19.1. The first kappa shape index (κ1) is 20.9. The third-order valence-corrected chi connectivity index (χ3v) is 4.29. The van der Waals surface area contributed by atoms with E-state index in [0.717, 1.165) is 6.07 Å². The van der Waals surface area contributed by atoms with Crippen LogP contribution in [0.15, 0.2) is 72.8 Å². The number of carbonyl (C=O) groups is 2. The molecule has 0 unspecified atom stereocenters. The van der Waals surface area contributed by atoms with Crippen LogP contribution < -0.4 is 14.8 Å². The van der Waals surface area contributed by atoms with E-state index in [0.29, 0.717) is 17.0 Å². The molecule has 0 saturated carbocycles. The predicted molar refractivity (Wildman–Crippen MR) is 109 cm³/mol. The fourth-order valence-corrected chi connectivity index (χ4v) is 2.78. The van der Waals surface area contributed by atoms with Crippen LogP contribution in [0.4, 0.5) is 10.1 Å². The van der Waals surface area contributed by atoms with Crippen molar-refractivity contribution in [2.45, 2.75) is 6.10 Å². The Labute approximate surface area is 173 Å². The highest BCUT2D eigenvalue weighted by molar-refractivity contribution is 5.98. The van der Waals surface area contributed by atoms with Crippen LogP contribution in [0.2, 0.25) is 0 Å². The van der Waals surface area contributed by atoms with Gasteiger partial charge in [-0.25, -0.2) is 9.18 Å². The minimum atomic E-state index is -1.24. The summed E-state index contributed by atoms with van der Waals surface area (Å²) in [6.07, 6.45) is -1.24. The van der Waals surface area contributed by atoms with Crippen LogP contribution in [0, 0.1) is 5.82 Å². The molecule has 0 aliphatic heterocycles. The second kappa shape index (κ2) is 9.56. The van der Waals surface area contributed by atoms with Gasteiger partial charge in [-0.3, -0.25) is 4.79 Å². The zero-order chi connectivity index (χ0) is 21.5. The number of carbonyl (C=O) groups excluding carboxylic acids is 2. The van der Waals surface area contributed by atoms with Gasteiger partial charge in [0, 0.05) is 17.3 Å². The second-order valence-corrected chi connectivity index (χ2v) is 6.27. The SMILES string of the molecule is COc1cccc(NC(=O)[C@H](OC(=O)c2ccc(OC)c(F)c2)c2ccccc2)c1. The van der Waals surface area contributed by atoms with Crippen LogP contribution >= 0.6 is 0 Å². The zero-order valence-electron chi connectivity index (χ0n) is 16.4. The molecule has 0 saturated heterocycles. The molecule has 0 fully saturated rings. The first-order valence-electron chi connectivity index (χ1n) is 9.06. The molecule has 7 heteroatoms. The van der Waals surface area contributed by atoms with Crippen molar-refractivity contribution in [3.8, 4) is 11.5 Å². The number of amides is 1. The molecule has 3 aromatic rings. The van der Waals surface area contributed by atoms with Crippen molar-refractivity contribution in [3.05, 3.63) is 89.7 Å². The molecule has 3 aromatic carbocycles. The van der Waals surface area contributed by atoms with Gasteiger partial charge in [0.25, 0.3) is 5.91 Å². The Morgan fingerprint density at radius 3 is 2.33 bits per heavy atom. The fourth-order valence-electron chi connectivity index (χ4n) is 2.78. The number of hydrogen-bond donors (Lipinski definition) is 1. The van der Waals surface area contributed by atoms with E-state index in [1.807, 2.05) is 0 Å². The Bertz CT molecular complexity index is 1040. The average Bonchev–Trinajstić information content (AvgIpc) is 2.77. The van der Waals surface area contributed by atoms with Crippen molar-refractivity contribution in [3.63, 3.8) is 0 Å². The lowest BCUT2D eigenvalue weighted by Gasteiger charge is -2.18. The van der Waals surface area contributed by atoms with Gasteiger partial charge in [-0.2, -0.15) is 0 Å². The van der Waals surface area contributed by atoms with Crippen molar-refractivity contribution >= 4 is 17.6 Å². The molecule has 0 aliphatic carbocycles. The molecule has 0 spiro atoms. The molecule has 1 amide bonds. The minimum absolute atomic E-state index is 0.00178. The molecular weight excluding hydrogens is 389 g/mol. The van der Waals surface area contributed by atoms with E-state index in [9.17, 15) is 14.0 Å². The molecule has 154 valence electrons. The van der Waals surface area contributed by atoms with Crippen molar-refractivity contribution in [1.82, 2.24) is 0 Å². The summed E-state index contributed by atoms with van der Waals surface area (Å²) in [6.45, 7) is 0. The highest BCUT2D eigenvalue weighted by Crippen LogP contribution is 2.25. The van der Waals surface area contributed by atoms with Crippen LogP contribution in [-0.2, 0) is 9.53 Å². The van der Waals surface area contributed by atoms with Crippen molar-refractivity contribution < 1.29 is 28.2 Å². The number of anilines is 1. The molecule has 1 atom stereocenters. The van der Waals surface area contributed by atoms with Crippen LogP contribution in [0.1, 0.15) is 22.0 Å². The van der Waals surface area contributed by atoms with E-state index in [1.54, 1.807) is 54.6 Å². The Kier molecular flexibility index (Phi) is 6.64. The van der Waals surface area contributed by atoms with E-state index < -0.39 is 23.8 Å². The molecule has 1 N–H and O–H groups in total. The zero-order valence-corrected chi connectivity index (χ0v) is 16.4. The summed E-state index contributed by atoms with van der Waals surface area (Å²) in [5.41, 5.74) is 0.912. The van der Waals surface area contributed by atoms with Gasteiger partial charge in [0.1, 0.15) is 5.75 Å². The number of halogens is 1. The Balaban J connectivity index is 1.84. The molecule has 0 heterocycles. The lowest BCUT2D eigenvalue weighted by Crippen LogP contribution is -2.26. The van der Waals surface area contributed by atoms with Gasteiger partial charge in [-0.1, -0.05) is 36.4 Å². The Morgan fingerprint density at radius 2 is 1.67 bits per heavy atom. The summed E-state index contributed by atoms with van der Waals surface area (Å²) in [5, 5.41) is 2.71. The normalized spacial score (nSPS) is 11.3. The standard InChI is InChI=1S/C23H20FNO5/c1-28-18-10-6-9-17(14-18)25-22(26)21(15-7-4-3-5-8-15)30-23(27)16-11-12-20(29-2)19(24)13-16/h3-14,21H,1-2H3,(H,25,26)/t21-/m1/s1. The lowest BCUT2D eigenvalue weighted by atomic mass is 10.1. The summed E-state index contributed by atoms with van der Waals surface area (Å²) >= 11 is 0. The maximum absolute atomic E-state index is 14.0. The van der Waals surface area contributed by atoms with E-state index in [1.165, 1.54) is 26.4 Å². The van der Waals surface area contributed by atoms with E-state index in [4.69, 9.17) is 14.2 Å². The first-order chi connectivity index (χ1) is 14.5. The van der Waals surface area contributed by atoms with Gasteiger partial charge in [-0.15, -0.1) is 0 Å². The van der Waals surface area contributed by atoms with Crippen molar-refractivity contribution in [1.29, 1.82) is 0 Å². The number of hydrogen-bond acceptors (Lipinski definition) is 5. The third-order valence-electron chi connectivity index (χ3n) is 4.29. The predicted octanol–water partition coefficient (Wildman–Crippen LogP) is 4.38. The van der Waals surface area contributed by atoms with Gasteiger partial charge in [0.15, 0.2) is 11.6 Å². The van der Waals surface area contributed by atoms with Crippen LogP contribution in [0.5, 0.6) is 11.5 Å². The molecule has 6 nitrogen and oxygen atoms in total. The van der Waals surface area contributed by atoms with Crippen LogP contribution in [0.3, 0.4) is 0 Å². The van der Waals surface area contributed by atoms with E-state index in [2.05, 4.69) is 5.32 Å². The topological polar surface area (TPSA) is 73.9 Å². The molecule has 30 heavy (non-hydrogen) atoms. The minimum Gasteiger partial charge on any atom is -0.497 e. The van der Waals surface area contributed by atoms with Crippen molar-refractivity contribution in [2.24, 2.45) is 0 Å². The van der Waals surface area contributed by atoms with Crippen molar-refractivity contribution in [2.75, 3.05) is 19.5 Å². The van der Waals surface area contributed by atoms with Gasteiger partial charge >= 0.3 is 5.97 Å². The summed E-state index contributed by atoms with van der Waals surface area (Å²) in [7, 11) is 2.84. The van der Waals surface area contributed by atoms with Gasteiger partial charge in [0.05, 0.1) is 19.8 Å². The van der Waals surface area contributed by atoms with Crippen LogP contribution in [0.25, 0.3) is 0 Å². The smallest absolute Gasteiger partial charge is 0.339 e. The van der Waals surface area contributed by atoms with Gasteiger partial charge in [0.2, 0.25) is 6.10 Å². The quantitative estimate of drug-likeness (QED) is 0.586. The number of benzene rings is 3. The lowest BCUT2D eigenvalue weighted by molar-refractivity contribution is -0.125. The molecule has 3 rings (SSSR count). The molecule has 0 aliphatic rings. The highest BCUT2D eigenvalue weighted by Gasteiger charge is 2.26. The van der Waals surface area contributed by atoms with Gasteiger partial charge in [-0.05, 0) is 30.3 Å². The number of ether oxygens (including phenoxy) is 3. The monoisotopic (exact) mass is 409 g/mol. The molecular formula is C23H20FNO5. The summed E-state index contributed by atoms with van der Waals surface area (Å²) in [5.74, 6) is -1.54. The van der Waals surface area contributed by atoms with Gasteiger partial charge < -0.3 is 19.5 Å². The molecule has 0 aromatic heterocycles. The Morgan fingerprint density at radius 1 is 0.900 bits per heavy atom. The second-order valence-electron chi connectivity index (χ2n) is 6.27. The first-order valence-corrected chi connectivity index (χ1v) is 9.06. The number of rotatable bonds is 7. The molecule has 0 bridgehead atoms. The summed E-state index contributed by atoms with van der Waals surface area (Å²) in [4.78, 5) is 25.5. The third kappa shape index (κ3) is 4.94. The summed E-state index contributed by atoms with van der Waals surface area (Å²) in [6, 6.07) is 19.0. The maximum Gasteiger partial charge on any atom is 0.339 e. The largest absolute Gasteiger partial charge is 0.497 e. The van der Waals surface area contributed by atoms with E-state index in [-0.39, 0.29) is 11.3 Å². The average molecular weight is 409 g/mol. The number of methoxy groups -OCH3 is 2. The Hall–Kier alpha value is -3.87. The maximum atomic E-state index is 14.0. The van der Waals surface area contributed by atoms with E-state index >= 15 is 0 Å². The van der Waals surface area contributed by atoms with Crippen LogP contribution in [-0.4, -0.2) is 26.1 Å². The summed E-state index contributed by atoms with van der Waals surface area (Å²) < 4.78 is 29.4. The number of nitrogens with one attached hydrogen (secondary N) is 1. The fraction of sp³-hybridized carbons (Fsp3) is 0.130. The molecule has 0 radical (unpaired) electrons.